The number of thioether (sulfide) groups is 1. The standard InChI is InChI=1S/C33H34N3O14PS/c37-13-27(40)45-18-48-51(43,49-19-46-28(41)14-38)50-20-47-31-24(39)9-12-34-30(31)32(42)35-26(15-44-17-33(35)10-11-33)36(34)29-22-6-2-1-5-21(22)16-52-25-8-4-3-7-23(25)29/h1-9,12,26,29,37-38H,10-11,13-20H2/t26-,29+/m1/s1. The molecular weight excluding hydrogens is 725 g/mol. The second kappa shape index (κ2) is 15.0. The summed E-state index contributed by atoms with van der Waals surface area (Å²) in [6, 6.07) is 16.9. The Kier molecular flexibility index (Phi) is 10.4. The quantitative estimate of drug-likeness (QED) is 0.145. The molecule has 4 aliphatic rings. The van der Waals surface area contributed by atoms with E-state index in [1.165, 1.54) is 12.3 Å². The van der Waals surface area contributed by atoms with Crippen molar-refractivity contribution in [3.63, 3.8) is 0 Å². The zero-order valence-corrected chi connectivity index (χ0v) is 29.2. The highest BCUT2D eigenvalue weighted by atomic mass is 32.2. The van der Waals surface area contributed by atoms with E-state index < -0.39 is 88.2 Å². The number of carbonyl (C=O) groups excluding carboxylic acids is 3. The summed E-state index contributed by atoms with van der Waals surface area (Å²) in [5.74, 6) is -2.39. The number of phosphoric ester groups is 1. The first-order valence-corrected chi connectivity index (χ1v) is 18.6. The lowest BCUT2D eigenvalue weighted by molar-refractivity contribution is -0.157. The second-order valence-electron chi connectivity index (χ2n) is 12.1. The third-order valence-electron chi connectivity index (χ3n) is 9.03. The predicted octanol–water partition coefficient (Wildman–Crippen LogP) is 2.01. The third kappa shape index (κ3) is 6.95. The van der Waals surface area contributed by atoms with E-state index in [1.54, 1.807) is 21.3 Å². The fraction of sp³-hybridized carbons (Fsp3) is 0.394. The number of pyridine rings is 1. The van der Waals surface area contributed by atoms with E-state index in [4.69, 9.17) is 33.3 Å². The number of morpholine rings is 1. The van der Waals surface area contributed by atoms with Crippen molar-refractivity contribution in [2.24, 2.45) is 0 Å². The maximum absolute atomic E-state index is 14.6. The monoisotopic (exact) mass is 759 g/mol. The van der Waals surface area contributed by atoms with Gasteiger partial charge in [-0.25, -0.2) is 27.7 Å². The number of ether oxygens (including phenoxy) is 4. The zero-order valence-electron chi connectivity index (χ0n) is 27.5. The highest BCUT2D eigenvalue weighted by Crippen LogP contribution is 2.52. The van der Waals surface area contributed by atoms with Crippen LogP contribution in [-0.2, 0) is 47.7 Å². The van der Waals surface area contributed by atoms with Gasteiger partial charge in [0.1, 0.15) is 19.4 Å². The first kappa shape index (κ1) is 36.1. The molecule has 52 heavy (non-hydrogen) atoms. The van der Waals surface area contributed by atoms with Gasteiger partial charge in [0.25, 0.3) is 5.91 Å². The molecule has 1 aliphatic carbocycles. The molecule has 0 unspecified atom stereocenters. The first-order valence-electron chi connectivity index (χ1n) is 16.1. The van der Waals surface area contributed by atoms with Crippen LogP contribution in [0.25, 0.3) is 0 Å². The summed E-state index contributed by atoms with van der Waals surface area (Å²) in [6.07, 6.45) is 2.35. The summed E-state index contributed by atoms with van der Waals surface area (Å²) >= 11 is 1.71. The van der Waals surface area contributed by atoms with Crippen molar-refractivity contribution < 1.29 is 61.7 Å². The van der Waals surface area contributed by atoms with Crippen LogP contribution in [-0.4, -0.2) is 96.1 Å². The van der Waals surface area contributed by atoms with Crippen molar-refractivity contribution in [2.75, 3.05) is 51.8 Å². The summed E-state index contributed by atoms with van der Waals surface area (Å²) in [6.45, 7) is -4.47. The molecule has 2 fully saturated rings. The molecule has 3 aromatic rings. The summed E-state index contributed by atoms with van der Waals surface area (Å²) in [7, 11) is -4.77. The molecule has 1 aromatic heterocycles. The van der Waals surface area contributed by atoms with Gasteiger partial charge in [0, 0.05) is 22.9 Å². The van der Waals surface area contributed by atoms with Gasteiger partial charge in [-0.1, -0.05) is 42.5 Å². The van der Waals surface area contributed by atoms with Gasteiger partial charge in [0.15, 0.2) is 5.69 Å². The molecule has 17 nitrogen and oxygen atoms in total. The number of hydrogen-bond donors (Lipinski definition) is 2. The minimum Gasteiger partial charge on any atom is -0.460 e. The van der Waals surface area contributed by atoms with E-state index in [1.807, 2.05) is 35.3 Å². The second-order valence-corrected chi connectivity index (χ2v) is 14.8. The summed E-state index contributed by atoms with van der Waals surface area (Å²) < 4.78 is 51.1. The third-order valence-corrected chi connectivity index (χ3v) is 11.4. The average molecular weight is 760 g/mol. The number of aliphatic hydroxyl groups is 2. The van der Waals surface area contributed by atoms with Crippen LogP contribution in [0.3, 0.4) is 0 Å². The van der Waals surface area contributed by atoms with Crippen LogP contribution >= 0.6 is 19.6 Å². The Labute approximate surface area is 300 Å². The van der Waals surface area contributed by atoms with Crippen molar-refractivity contribution in [3.8, 4) is 5.75 Å². The highest BCUT2D eigenvalue weighted by Gasteiger charge is 2.60. The van der Waals surface area contributed by atoms with E-state index in [-0.39, 0.29) is 12.3 Å². The van der Waals surface area contributed by atoms with Gasteiger partial charge in [0.2, 0.25) is 31.6 Å². The fourth-order valence-electron chi connectivity index (χ4n) is 6.52. The number of hydrogen-bond acceptors (Lipinski definition) is 16. The predicted molar refractivity (Wildman–Crippen MR) is 178 cm³/mol. The minimum absolute atomic E-state index is 0.0993. The molecule has 1 spiro atoms. The number of aliphatic hydroxyl groups excluding tert-OH is 2. The largest absolute Gasteiger partial charge is 0.483 e. The summed E-state index contributed by atoms with van der Waals surface area (Å²) in [4.78, 5) is 53.7. The fourth-order valence-corrected chi connectivity index (χ4v) is 8.39. The Hall–Kier alpha value is -4.26. The van der Waals surface area contributed by atoms with Crippen LogP contribution in [0.4, 0.5) is 0 Å². The number of fused-ring (bicyclic) bond motifs is 5. The molecule has 0 radical (unpaired) electrons. The average Bonchev–Trinajstić information content (AvgIpc) is 3.94. The highest BCUT2D eigenvalue weighted by molar-refractivity contribution is 7.98. The maximum Gasteiger partial charge on any atom is 0.483 e. The van der Waals surface area contributed by atoms with Gasteiger partial charge < -0.3 is 34.1 Å². The normalized spacial score (nSPS) is 19.8. The van der Waals surface area contributed by atoms with E-state index >= 15 is 0 Å². The van der Waals surface area contributed by atoms with Crippen molar-refractivity contribution in [3.05, 3.63) is 93.4 Å². The maximum atomic E-state index is 14.6. The Bertz CT molecular complexity index is 1900. The molecule has 1 amide bonds. The smallest absolute Gasteiger partial charge is 0.460 e. The van der Waals surface area contributed by atoms with Crippen LogP contribution in [0.5, 0.6) is 5.75 Å². The molecular formula is C33H34N3O14PS. The number of amides is 1. The van der Waals surface area contributed by atoms with E-state index in [0.717, 1.165) is 27.3 Å². The van der Waals surface area contributed by atoms with Crippen molar-refractivity contribution >= 4 is 37.4 Å². The lowest BCUT2D eigenvalue weighted by Gasteiger charge is -2.54. The van der Waals surface area contributed by atoms with Crippen molar-refractivity contribution in [1.82, 2.24) is 9.58 Å². The van der Waals surface area contributed by atoms with Gasteiger partial charge in [-0.3, -0.25) is 19.3 Å². The summed E-state index contributed by atoms with van der Waals surface area (Å²) in [5.41, 5.74) is 1.75. The van der Waals surface area contributed by atoms with Crippen molar-refractivity contribution in [1.29, 1.82) is 0 Å². The van der Waals surface area contributed by atoms with Gasteiger partial charge in [0.05, 0.1) is 24.8 Å². The zero-order chi connectivity index (χ0) is 36.5. The molecule has 276 valence electrons. The van der Waals surface area contributed by atoms with Crippen molar-refractivity contribution in [2.45, 2.75) is 41.2 Å². The number of nitrogens with zero attached hydrogens (tertiary/aromatic N) is 3. The minimum atomic E-state index is -4.77. The lowest BCUT2D eigenvalue weighted by Crippen LogP contribution is -2.70. The molecule has 4 heterocycles. The summed E-state index contributed by atoms with van der Waals surface area (Å²) in [5, 5.41) is 19.8. The van der Waals surface area contributed by atoms with Crippen LogP contribution in [0, 0.1) is 0 Å². The number of benzene rings is 2. The Morgan fingerprint density at radius 2 is 1.56 bits per heavy atom. The molecule has 2 atom stereocenters. The number of carbonyl (C=O) groups is 3. The molecule has 0 bridgehead atoms. The van der Waals surface area contributed by atoms with Gasteiger partial charge in [-0.05, 0) is 35.6 Å². The van der Waals surface area contributed by atoms with E-state index in [0.29, 0.717) is 19.4 Å². The Morgan fingerprint density at radius 1 is 0.904 bits per heavy atom. The molecule has 19 heteroatoms. The number of rotatable bonds is 13. The molecule has 1 saturated heterocycles. The van der Waals surface area contributed by atoms with Crippen LogP contribution in [0.15, 0.2) is 70.5 Å². The van der Waals surface area contributed by atoms with Gasteiger partial charge >= 0.3 is 19.8 Å². The SMILES string of the molecule is O=C(CO)OCOP(=O)(OCOC(=O)CO)OCOc1c2n(ccc1=O)N([C@H]1c3ccccc3CSc3ccccc31)[C@@H]1COCC3(CC3)N1C2=O. The van der Waals surface area contributed by atoms with Crippen LogP contribution in [0.2, 0.25) is 0 Å². The van der Waals surface area contributed by atoms with Gasteiger partial charge in [-0.2, -0.15) is 0 Å². The number of aromatic nitrogens is 1. The van der Waals surface area contributed by atoms with Crippen LogP contribution in [0.1, 0.15) is 46.1 Å². The molecule has 2 N–H and O–H groups in total. The molecule has 3 aliphatic heterocycles. The first-order chi connectivity index (χ1) is 25.2. The lowest BCUT2D eigenvalue weighted by atomic mass is 9.93. The van der Waals surface area contributed by atoms with Gasteiger partial charge in [-0.15, -0.1) is 11.8 Å². The van der Waals surface area contributed by atoms with E-state index in [9.17, 15) is 23.7 Å². The topological polar surface area (TPSA) is 202 Å². The van der Waals surface area contributed by atoms with Crippen LogP contribution < -0.4 is 15.2 Å². The molecule has 7 rings (SSSR count). The number of phosphoric acid groups is 1. The Morgan fingerprint density at radius 3 is 2.25 bits per heavy atom. The molecule has 1 saturated carbocycles. The molecule has 2 aromatic carbocycles. The number of esters is 2. The van der Waals surface area contributed by atoms with E-state index in [2.05, 4.69) is 27.7 Å². The Balaban J connectivity index is 1.26.